The molecule has 2 aromatic carbocycles. The van der Waals surface area contributed by atoms with Crippen molar-refractivity contribution in [3.63, 3.8) is 0 Å². The Morgan fingerprint density at radius 2 is 1.50 bits per heavy atom. The predicted molar refractivity (Wildman–Crippen MR) is 100 cm³/mol. The molecule has 0 unspecified atom stereocenters. The Morgan fingerprint density at radius 3 is 2.08 bits per heavy atom. The number of rotatable bonds is 4. The maximum absolute atomic E-state index is 12.3. The summed E-state index contributed by atoms with van der Waals surface area (Å²) >= 11 is 0. The van der Waals surface area contributed by atoms with Gasteiger partial charge in [0.2, 0.25) is 0 Å². The first-order valence-electron chi connectivity index (χ1n) is 8.18. The average Bonchev–Trinajstić information content (AvgIpc) is 2.64. The predicted octanol–water partition coefficient (Wildman–Crippen LogP) is 4.55. The number of para-hydroxylation sites is 1. The maximum Gasteiger partial charge on any atom is 0.347 e. The van der Waals surface area contributed by atoms with Crippen molar-refractivity contribution in [1.82, 2.24) is 0 Å². The summed E-state index contributed by atoms with van der Waals surface area (Å²) in [5.74, 6) is -0.0872. The van der Waals surface area contributed by atoms with E-state index in [0.29, 0.717) is 17.3 Å². The lowest BCUT2D eigenvalue weighted by molar-refractivity contribution is -0.131. The number of aliphatic imine (C=N–C) groups is 1. The van der Waals surface area contributed by atoms with E-state index in [9.17, 15) is 9.59 Å². The highest BCUT2D eigenvalue weighted by Crippen LogP contribution is 2.23. The van der Waals surface area contributed by atoms with Gasteiger partial charge in [0.05, 0.1) is 12.8 Å². The third-order valence-electron chi connectivity index (χ3n) is 2.99. The van der Waals surface area contributed by atoms with Crippen molar-refractivity contribution in [2.45, 2.75) is 27.7 Å². The summed E-state index contributed by atoms with van der Waals surface area (Å²) in [5, 5.41) is 0. The van der Waals surface area contributed by atoms with Gasteiger partial charge in [0.1, 0.15) is 17.1 Å². The highest BCUT2D eigenvalue weighted by Gasteiger charge is 2.15. The van der Waals surface area contributed by atoms with Crippen molar-refractivity contribution in [3.8, 4) is 11.5 Å². The van der Waals surface area contributed by atoms with E-state index in [1.807, 2.05) is 13.8 Å². The summed E-state index contributed by atoms with van der Waals surface area (Å²) < 4.78 is 15.3. The van der Waals surface area contributed by atoms with Crippen molar-refractivity contribution in [2.24, 2.45) is 4.99 Å². The lowest BCUT2D eigenvalue weighted by Gasteiger charge is -2.09. The molecule has 0 saturated carbocycles. The lowest BCUT2D eigenvalue weighted by Crippen LogP contribution is -2.12. The van der Waals surface area contributed by atoms with Crippen LogP contribution in [0.2, 0.25) is 0 Å². The topological polar surface area (TPSA) is 74.2 Å². The lowest BCUT2D eigenvalue weighted by atomic mass is 10.2. The molecule has 0 atom stereocenters. The Balaban J connectivity index is 0.00000163. The molecule has 0 radical (unpaired) electrons. The fourth-order valence-corrected chi connectivity index (χ4v) is 1.86. The van der Waals surface area contributed by atoms with Gasteiger partial charge in [-0.1, -0.05) is 26.0 Å². The standard InChI is InChI=1S/C18H17NO5.C2H6/c1-12(22-3)19-14-8-10-15(11-9-14)24-18(21)16-6-4-5-7-17(16)23-13(2)20;1-2/h4-11H,1-3H3;1-2H3. The molecule has 138 valence electrons. The van der Waals surface area contributed by atoms with Crippen molar-refractivity contribution >= 4 is 23.5 Å². The van der Waals surface area contributed by atoms with Gasteiger partial charge in [0.25, 0.3) is 0 Å². The molecule has 0 aliphatic carbocycles. The van der Waals surface area contributed by atoms with E-state index in [4.69, 9.17) is 14.2 Å². The molecule has 0 spiro atoms. The van der Waals surface area contributed by atoms with Gasteiger partial charge in [-0.15, -0.1) is 0 Å². The molecule has 0 aromatic heterocycles. The molecule has 0 aliphatic rings. The van der Waals surface area contributed by atoms with Gasteiger partial charge in [0.15, 0.2) is 5.90 Å². The number of hydrogen-bond donors (Lipinski definition) is 0. The van der Waals surface area contributed by atoms with Crippen molar-refractivity contribution in [2.75, 3.05) is 7.11 Å². The van der Waals surface area contributed by atoms with Gasteiger partial charge in [-0.05, 0) is 36.4 Å². The summed E-state index contributed by atoms with van der Waals surface area (Å²) in [6, 6.07) is 13.0. The summed E-state index contributed by atoms with van der Waals surface area (Å²) in [5.41, 5.74) is 0.847. The minimum absolute atomic E-state index is 0.159. The van der Waals surface area contributed by atoms with Crippen LogP contribution >= 0.6 is 0 Å². The third-order valence-corrected chi connectivity index (χ3v) is 2.99. The van der Waals surface area contributed by atoms with Crippen molar-refractivity contribution in [1.29, 1.82) is 0 Å². The second kappa shape index (κ2) is 10.7. The normalized spacial score (nSPS) is 10.3. The Morgan fingerprint density at radius 1 is 0.885 bits per heavy atom. The van der Waals surface area contributed by atoms with E-state index in [0.717, 1.165) is 0 Å². The van der Waals surface area contributed by atoms with E-state index in [2.05, 4.69) is 4.99 Å². The first kappa shape index (κ1) is 20.9. The van der Waals surface area contributed by atoms with E-state index in [1.165, 1.54) is 26.2 Å². The Kier molecular flexibility index (Phi) is 8.57. The zero-order valence-corrected chi connectivity index (χ0v) is 15.6. The summed E-state index contributed by atoms with van der Waals surface area (Å²) in [7, 11) is 1.54. The van der Waals surface area contributed by atoms with E-state index < -0.39 is 11.9 Å². The quantitative estimate of drug-likeness (QED) is 0.347. The van der Waals surface area contributed by atoms with Crippen LogP contribution in [0.5, 0.6) is 11.5 Å². The molecule has 0 fully saturated rings. The largest absolute Gasteiger partial charge is 0.484 e. The molecule has 0 saturated heterocycles. The number of methoxy groups -OCH3 is 1. The maximum atomic E-state index is 12.3. The Labute approximate surface area is 153 Å². The molecule has 0 heterocycles. The molecular formula is C20H23NO5. The number of esters is 2. The zero-order valence-electron chi connectivity index (χ0n) is 15.6. The van der Waals surface area contributed by atoms with Gasteiger partial charge in [-0.25, -0.2) is 9.79 Å². The van der Waals surface area contributed by atoms with E-state index in [-0.39, 0.29) is 11.3 Å². The molecule has 0 N–H and O–H groups in total. The average molecular weight is 357 g/mol. The number of ether oxygens (including phenoxy) is 3. The van der Waals surface area contributed by atoms with Crippen molar-refractivity contribution < 1.29 is 23.8 Å². The molecule has 0 bridgehead atoms. The van der Waals surface area contributed by atoms with E-state index in [1.54, 1.807) is 43.3 Å². The minimum Gasteiger partial charge on any atom is -0.484 e. The molecule has 6 nitrogen and oxygen atoms in total. The zero-order chi connectivity index (χ0) is 19.5. The highest BCUT2D eigenvalue weighted by molar-refractivity contribution is 5.94. The van der Waals surface area contributed by atoms with Crippen LogP contribution in [0.1, 0.15) is 38.1 Å². The van der Waals surface area contributed by atoms with Crippen LogP contribution in [0.3, 0.4) is 0 Å². The second-order valence-electron chi connectivity index (χ2n) is 4.81. The monoisotopic (exact) mass is 357 g/mol. The second-order valence-corrected chi connectivity index (χ2v) is 4.81. The first-order valence-corrected chi connectivity index (χ1v) is 8.18. The molecule has 0 amide bonds. The summed E-state index contributed by atoms with van der Waals surface area (Å²) in [4.78, 5) is 27.6. The number of carbonyl (C=O) groups is 2. The smallest absolute Gasteiger partial charge is 0.347 e. The Hall–Kier alpha value is -3.15. The summed E-state index contributed by atoms with van der Waals surface area (Å²) in [6.07, 6.45) is 0. The number of carbonyl (C=O) groups excluding carboxylic acids is 2. The van der Waals surface area contributed by atoms with Gasteiger partial charge in [0, 0.05) is 13.8 Å². The van der Waals surface area contributed by atoms with Gasteiger partial charge in [-0.2, -0.15) is 0 Å². The van der Waals surface area contributed by atoms with Crippen LogP contribution in [-0.2, 0) is 9.53 Å². The molecule has 2 rings (SSSR count). The SMILES string of the molecule is CC.COC(C)=Nc1ccc(OC(=O)c2ccccc2OC(C)=O)cc1. The fraction of sp³-hybridized carbons (Fsp3) is 0.250. The van der Waals surface area contributed by atoms with E-state index >= 15 is 0 Å². The van der Waals surface area contributed by atoms with Gasteiger partial charge < -0.3 is 14.2 Å². The van der Waals surface area contributed by atoms with Crippen LogP contribution in [0.15, 0.2) is 53.5 Å². The van der Waals surface area contributed by atoms with Crippen molar-refractivity contribution in [3.05, 3.63) is 54.1 Å². The summed E-state index contributed by atoms with van der Waals surface area (Å²) in [6.45, 7) is 7.00. The first-order chi connectivity index (χ1) is 12.5. The fourth-order valence-electron chi connectivity index (χ4n) is 1.86. The third kappa shape index (κ3) is 6.39. The van der Waals surface area contributed by atoms with Gasteiger partial charge >= 0.3 is 11.9 Å². The molecule has 0 aliphatic heterocycles. The number of benzene rings is 2. The molecule has 6 heteroatoms. The van der Waals surface area contributed by atoms with Crippen LogP contribution in [0.25, 0.3) is 0 Å². The Bertz CT molecular complexity index is 766. The molecular weight excluding hydrogens is 334 g/mol. The van der Waals surface area contributed by atoms with Crippen LogP contribution in [-0.4, -0.2) is 24.9 Å². The number of nitrogens with zero attached hydrogens (tertiary/aromatic N) is 1. The van der Waals surface area contributed by atoms with Gasteiger partial charge in [-0.3, -0.25) is 4.79 Å². The van der Waals surface area contributed by atoms with Crippen LogP contribution in [0, 0.1) is 0 Å². The van der Waals surface area contributed by atoms with Crippen LogP contribution in [0.4, 0.5) is 5.69 Å². The van der Waals surface area contributed by atoms with Crippen LogP contribution < -0.4 is 9.47 Å². The highest BCUT2D eigenvalue weighted by atomic mass is 16.5. The number of hydrogen-bond acceptors (Lipinski definition) is 6. The molecule has 26 heavy (non-hydrogen) atoms. The minimum atomic E-state index is -0.615. The molecule has 2 aromatic rings.